The first kappa shape index (κ1) is 20.5. The van der Waals surface area contributed by atoms with E-state index >= 15 is 0 Å². The molecule has 2 aliphatic rings. The molecule has 1 aromatic carbocycles. The van der Waals surface area contributed by atoms with Crippen LogP contribution < -0.4 is 4.90 Å². The van der Waals surface area contributed by atoms with Gasteiger partial charge in [0.25, 0.3) is 5.91 Å². The summed E-state index contributed by atoms with van der Waals surface area (Å²) in [6.45, 7) is 3.32. The number of hydrogen-bond acceptors (Lipinski definition) is 4. The molecule has 0 spiro atoms. The molecule has 0 aromatic heterocycles. The summed E-state index contributed by atoms with van der Waals surface area (Å²) in [6.07, 6.45) is -4.66. The minimum Gasteiger partial charge on any atom is -0.316 e. The van der Waals surface area contributed by atoms with Crippen LogP contribution in [-0.2, 0) is 20.8 Å². The number of alkyl halides is 3. The van der Waals surface area contributed by atoms with Gasteiger partial charge in [0.15, 0.2) is 15.0 Å². The number of amidine groups is 1. The lowest BCUT2D eigenvalue weighted by Crippen LogP contribution is -2.38. The Morgan fingerprint density at radius 2 is 2.00 bits per heavy atom. The van der Waals surface area contributed by atoms with Crippen molar-refractivity contribution in [2.45, 2.75) is 31.3 Å². The molecule has 148 valence electrons. The third kappa shape index (κ3) is 4.12. The van der Waals surface area contributed by atoms with E-state index in [1.165, 1.54) is 11.0 Å². The Balaban J connectivity index is 2.09. The van der Waals surface area contributed by atoms with Crippen LogP contribution in [0.15, 0.2) is 23.2 Å². The van der Waals surface area contributed by atoms with Gasteiger partial charge in [0.1, 0.15) is 0 Å². The van der Waals surface area contributed by atoms with E-state index in [9.17, 15) is 26.4 Å². The number of anilines is 1. The van der Waals surface area contributed by atoms with E-state index in [1.807, 2.05) is 0 Å². The minimum atomic E-state index is -4.66. The Morgan fingerprint density at radius 1 is 1.33 bits per heavy atom. The largest absolute Gasteiger partial charge is 0.417 e. The highest BCUT2D eigenvalue weighted by Crippen LogP contribution is 2.43. The molecular weight excluding hydrogens is 425 g/mol. The van der Waals surface area contributed by atoms with E-state index in [-0.39, 0.29) is 28.3 Å². The molecular formula is C16H16ClF3N2O3S2. The zero-order valence-electron chi connectivity index (χ0n) is 14.3. The first-order chi connectivity index (χ1) is 12.4. The lowest BCUT2D eigenvalue weighted by Gasteiger charge is -2.25. The van der Waals surface area contributed by atoms with Gasteiger partial charge in [-0.2, -0.15) is 18.2 Å². The Kier molecular flexibility index (Phi) is 5.28. The summed E-state index contributed by atoms with van der Waals surface area (Å²) in [4.78, 5) is 17.5. The predicted molar refractivity (Wildman–Crippen MR) is 100 cm³/mol. The predicted octanol–water partition coefficient (Wildman–Crippen LogP) is 3.62. The van der Waals surface area contributed by atoms with Crippen LogP contribution >= 0.6 is 23.4 Å². The summed E-state index contributed by atoms with van der Waals surface area (Å²) in [6, 6.07) is 2.77. The van der Waals surface area contributed by atoms with E-state index in [4.69, 9.17) is 11.6 Å². The number of nitrogens with zero attached hydrogens (tertiary/aromatic N) is 2. The average molecular weight is 441 g/mol. The van der Waals surface area contributed by atoms with Crippen molar-refractivity contribution in [1.29, 1.82) is 0 Å². The van der Waals surface area contributed by atoms with Gasteiger partial charge < -0.3 is 4.90 Å². The van der Waals surface area contributed by atoms with E-state index in [1.54, 1.807) is 13.8 Å². The van der Waals surface area contributed by atoms with Crippen LogP contribution in [0.3, 0.4) is 0 Å². The van der Waals surface area contributed by atoms with Gasteiger partial charge in [0.05, 0.1) is 28.1 Å². The molecule has 27 heavy (non-hydrogen) atoms. The number of thioether (sulfide) groups is 1. The molecule has 2 saturated heterocycles. The number of halogens is 4. The van der Waals surface area contributed by atoms with Crippen LogP contribution in [0, 0.1) is 5.92 Å². The second-order valence-corrected chi connectivity index (χ2v) is 10.5. The average Bonchev–Trinajstić information content (AvgIpc) is 2.97. The highest BCUT2D eigenvalue weighted by atomic mass is 35.5. The molecule has 0 radical (unpaired) electrons. The molecule has 2 atom stereocenters. The van der Waals surface area contributed by atoms with E-state index in [0.29, 0.717) is 0 Å². The fraction of sp³-hybridized carbons (Fsp3) is 0.500. The fourth-order valence-electron chi connectivity index (χ4n) is 2.97. The molecule has 0 N–H and O–H groups in total. The smallest absolute Gasteiger partial charge is 0.316 e. The molecule has 3 rings (SSSR count). The number of carbonyl (C=O) groups excluding carboxylic acids is 1. The highest BCUT2D eigenvalue weighted by Gasteiger charge is 2.49. The quantitative estimate of drug-likeness (QED) is 0.702. The molecule has 2 aliphatic heterocycles. The van der Waals surface area contributed by atoms with Crippen LogP contribution in [0.1, 0.15) is 19.4 Å². The number of amides is 1. The molecule has 0 unspecified atom stereocenters. The zero-order valence-corrected chi connectivity index (χ0v) is 16.7. The zero-order chi connectivity index (χ0) is 20.1. The molecule has 11 heteroatoms. The first-order valence-electron chi connectivity index (χ1n) is 8.04. The Bertz CT molecular complexity index is 916. The molecule has 0 aliphatic carbocycles. The molecule has 1 aromatic rings. The monoisotopic (exact) mass is 440 g/mol. The minimum absolute atomic E-state index is 0.104. The van der Waals surface area contributed by atoms with E-state index in [2.05, 4.69) is 4.99 Å². The summed E-state index contributed by atoms with van der Waals surface area (Å²) < 4.78 is 63.7. The SMILES string of the molecule is CC(C)C(=O)N=C1S[C@H]2CS(=O)(=O)C[C@@H]2N1c1ccc(Cl)c(C(F)(F)F)c1. The number of sulfone groups is 1. The van der Waals surface area contributed by atoms with Crippen molar-refractivity contribution in [2.24, 2.45) is 10.9 Å². The van der Waals surface area contributed by atoms with Crippen molar-refractivity contribution in [1.82, 2.24) is 0 Å². The van der Waals surface area contributed by atoms with Gasteiger partial charge in [-0.15, -0.1) is 0 Å². The van der Waals surface area contributed by atoms with Crippen molar-refractivity contribution < 1.29 is 26.4 Å². The third-order valence-corrected chi connectivity index (χ3v) is 7.84. The fourth-order valence-corrected chi connectivity index (χ4v) is 7.11. The molecule has 1 amide bonds. The molecule has 0 bridgehead atoms. The van der Waals surface area contributed by atoms with Gasteiger partial charge in [-0.1, -0.05) is 37.2 Å². The second-order valence-electron chi connectivity index (χ2n) is 6.72. The van der Waals surface area contributed by atoms with Crippen molar-refractivity contribution in [3.63, 3.8) is 0 Å². The summed E-state index contributed by atoms with van der Waals surface area (Å²) in [5.41, 5.74) is -0.912. The molecule has 2 heterocycles. The van der Waals surface area contributed by atoms with E-state index in [0.717, 1.165) is 23.9 Å². The van der Waals surface area contributed by atoms with Crippen LogP contribution in [-0.4, -0.2) is 42.3 Å². The summed E-state index contributed by atoms with van der Waals surface area (Å²) in [5.74, 6) is -1.12. The Morgan fingerprint density at radius 3 is 2.59 bits per heavy atom. The number of rotatable bonds is 2. The van der Waals surface area contributed by atoms with Crippen LogP contribution in [0.25, 0.3) is 0 Å². The lowest BCUT2D eigenvalue weighted by atomic mass is 10.1. The maximum absolute atomic E-state index is 13.2. The van der Waals surface area contributed by atoms with Gasteiger partial charge in [-0.3, -0.25) is 4.79 Å². The van der Waals surface area contributed by atoms with Crippen LogP contribution in [0.5, 0.6) is 0 Å². The molecule has 2 fully saturated rings. The van der Waals surface area contributed by atoms with Gasteiger partial charge >= 0.3 is 6.18 Å². The van der Waals surface area contributed by atoms with Crippen molar-refractivity contribution in [3.05, 3.63) is 28.8 Å². The van der Waals surface area contributed by atoms with Gasteiger partial charge in [-0.25, -0.2) is 8.42 Å². The topological polar surface area (TPSA) is 66.8 Å². The first-order valence-corrected chi connectivity index (χ1v) is 11.1. The van der Waals surface area contributed by atoms with Crippen molar-refractivity contribution >= 4 is 50.0 Å². The lowest BCUT2D eigenvalue weighted by molar-refractivity contribution is -0.137. The standard InChI is InChI=1S/C16H16ClF3N2O3S2/c1-8(2)14(23)21-15-22(12-6-27(24,25)7-13(12)26-15)9-3-4-11(17)10(5-9)16(18,19)20/h3-5,8,12-13H,6-7H2,1-2H3/t12-,13-/m0/s1. The molecule has 0 saturated carbocycles. The summed E-state index contributed by atoms with van der Waals surface area (Å²) in [7, 11) is -3.31. The second kappa shape index (κ2) is 6.97. The maximum Gasteiger partial charge on any atom is 0.417 e. The van der Waals surface area contributed by atoms with Crippen molar-refractivity contribution in [2.75, 3.05) is 16.4 Å². The molecule has 5 nitrogen and oxygen atoms in total. The van der Waals surface area contributed by atoms with Crippen LogP contribution in [0.2, 0.25) is 5.02 Å². The van der Waals surface area contributed by atoms with Gasteiger partial charge in [0, 0.05) is 16.9 Å². The maximum atomic E-state index is 13.2. The number of carbonyl (C=O) groups is 1. The number of hydrogen-bond donors (Lipinski definition) is 0. The summed E-state index contributed by atoms with van der Waals surface area (Å²) in [5, 5.41) is -0.627. The summed E-state index contributed by atoms with van der Waals surface area (Å²) >= 11 is 6.79. The van der Waals surface area contributed by atoms with Crippen LogP contribution in [0.4, 0.5) is 18.9 Å². The number of fused-ring (bicyclic) bond motifs is 1. The normalized spacial score (nSPS) is 26.0. The third-order valence-electron chi connectivity index (χ3n) is 4.30. The van der Waals surface area contributed by atoms with Gasteiger partial charge in [0.2, 0.25) is 0 Å². The van der Waals surface area contributed by atoms with Crippen molar-refractivity contribution in [3.8, 4) is 0 Å². The number of aliphatic imine (C=N–C) groups is 1. The van der Waals surface area contributed by atoms with Gasteiger partial charge in [-0.05, 0) is 18.2 Å². The van der Waals surface area contributed by atoms with E-state index < -0.39 is 43.8 Å². The number of benzene rings is 1. The Hall–Kier alpha value is -1.26. The highest BCUT2D eigenvalue weighted by molar-refractivity contribution is 8.16. The Labute approximate surface area is 163 Å².